The molecule has 0 unspecified atom stereocenters. The van der Waals surface area contributed by atoms with Crippen molar-refractivity contribution in [1.82, 2.24) is 0 Å². The fourth-order valence-electron chi connectivity index (χ4n) is 5.15. The Balaban J connectivity index is 2.80. The van der Waals surface area contributed by atoms with Gasteiger partial charge in [-0.3, -0.25) is 0 Å². The standard InChI is InChI=1S/C32H46I2/c1-5-9-13-25(14-10-6-2)31(27-17-21-29(33)22-18-27)32(28-19-23-30(34)24-20-28)26(15-11-7-3)16-12-8-4/h17-26H,5-16H2,1-4H3/b32-31+. The van der Waals surface area contributed by atoms with Crippen molar-refractivity contribution in [3.63, 3.8) is 0 Å². The first-order chi connectivity index (χ1) is 16.5. The van der Waals surface area contributed by atoms with Crippen LogP contribution in [0.3, 0.4) is 0 Å². The van der Waals surface area contributed by atoms with E-state index in [-0.39, 0.29) is 0 Å². The van der Waals surface area contributed by atoms with Crippen molar-refractivity contribution in [1.29, 1.82) is 0 Å². The lowest BCUT2D eigenvalue weighted by Gasteiger charge is -2.30. The average molecular weight is 685 g/mol. The van der Waals surface area contributed by atoms with Crippen molar-refractivity contribution in [2.75, 3.05) is 0 Å². The lowest BCUT2D eigenvalue weighted by molar-refractivity contribution is 0.492. The lowest BCUT2D eigenvalue weighted by Crippen LogP contribution is -2.13. The normalized spacial score (nSPS) is 12.5. The van der Waals surface area contributed by atoms with Crippen molar-refractivity contribution < 1.29 is 0 Å². The first-order valence-corrected chi connectivity index (χ1v) is 16.0. The molecule has 0 aliphatic carbocycles. The molecule has 0 aromatic heterocycles. The molecule has 0 spiro atoms. The molecule has 0 heterocycles. The maximum Gasteiger partial charge on any atom is 0.0130 e. The zero-order valence-electron chi connectivity index (χ0n) is 22.0. The van der Waals surface area contributed by atoms with Crippen LogP contribution < -0.4 is 0 Å². The van der Waals surface area contributed by atoms with E-state index >= 15 is 0 Å². The third-order valence-corrected chi connectivity index (χ3v) is 8.48. The molecule has 34 heavy (non-hydrogen) atoms. The topological polar surface area (TPSA) is 0 Å². The number of unbranched alkanes of at least 4 members (excludes halogenated alkanes) is 4. The van der Waals surface area contributed by atoms with Gasteiger partial charge in [-0.05, 0) is 129 Å². The summed E-state index contributed by atoms with van der Waals surface area (Å²) in [6.45, 7) is 9.37. The van der Waals surface area contributed by atoms with Gasteiger partial charge in [0.25, 0.3) is 0 Å². The predicted octanol–water partition coefficient (Wildman–Crippen LogP) is 11.8. The highest BCUT2D eigenvalue weighted by molar-refractivity contribution is 14.1. The minimum absolute atomic E-state index is 0.639. The van der Waals surface area contributed by atoms with Crippen LogP contribution in [0.25, 0.3) is 11.1 Å². The van der Waals surface area contributed by atoms with Crippen LogP contribution in [0.1, 0.15) is 116 Å². The van der Waals surface area contributed by atoms with E-state index in [4.69, 9.17) is 0 Å². The first-order valence-electron chi connectivity index (χ1n) is 13.8. The van der Waals surface area contributed by atoms with Crippen LogP contribution in [0.2, 0.25) is 0 Å². The largest absolute Gasteiger partial charge is 0.0654 e. The van der Waals surface area contributed by atoms with Crippen LogP contribution in [0.4, 0.5) is 0 Å². The number of rotatable bonds is 16. The summed E-state index contributed by atoms with van der Waals surface area (Å²) in [5.41, 5.74) is 6.25. The third kappa shape index (κ3) is 9.59. The van der Waals surface area contributed by atoms with E-state index in [1.807, 2.05) is 0 Å². The van der Waals surface area contributed by atoms with Crippen molar-refractivity contribution in [3.05, 3.63) is 66.8 Å². The Morgan fingerprint density at radius 2 is 0.765 bits per heavy atom. The lowest BCUT2D eigenvalue weighted by atomic mass is 9.74. The van der Waals surface area contributed by atoms with Gasteiger partial charge in [-0.2, -0.15) is 0 Å². The van der Waals surface area contributed by atoms with E-state index in [0.29, 0.717) is 11.8 Å². The van der Waals surface area contributed by atoms with Crippen molar-refractivity contribution >= 4 is 56.3 Å². The Kier molecular flexibility index (Phi) is 15.1. The zero-order chi connectivity index (χ0) is 24.8. The Morgan fingerprint density at radius 1 is 0.500 bits per heavy atom. The monoisotopic (exact) mass is 684 g/mol. The van der Waals surface area contributed by atoms with Gasteiger partial charge < -0.3 is 0 Å². The van der Waals surface area contributed by atoms with E-state index in [9.17, 15) is 0 Å². The maximum absolute atomic E-state index is 2.45. The SMILES string of the molecule is CCCCC(CCCC)/C(=C(\c1ccc(I)cc1)C(CCCC)CCCC)c1ccc(I)cc1. The molecule has 2 aromatic rings. The molecule has 0 radical (unpaired) electrons. The summed E-state index contributed by atoms with van der Waals surface area (Å²) in [5.74, 6) is 1.28. The van der Waals surface area contributed by atoms with Gasteiger partial charge in [0.1, 0.15) is 0 Å². The van der Waals surface area contributed by atoms with Crippen LogP contribution in [0, 0.1) is 19.0 Å². The van der Waals surface area contributed by atoms with Crippen molar-refractivity contribution in [2.45, 2.75) is 105 Å². The summed E-state index contributed by atoms with van der Waals surface area (Å²) in [7, 11) is 0. The molecule has 0 amide bonds. The van der Waals surface area contributed by atoms with E-state index in [0.717, 1.165) is 0 Å². The molecule has 0 aliphatic heterocycles. The molecule has 2 heteroatoms. The van der Waals surface area contributed by atoms with E-state index in [2.05, 4.69) is 121 Å². The summed E-state index contributed by atoms with van der Waals surface area (Å²) in [4.78, 5) is 0. The second kappa shape index (κ2) is 17.2. The predicted molar refractivity (Wildman–Crippen MR) is 170 cm³/mol. The molecular weight excluding hydrogens is 638 g/mol. The Labute approximate surface area is 238 Å². The van der Waals surface area contributed by atoms with Gasteiger partial charge in [-0.1, -0.05) is 103 Å². The first kappa shape index (κ1) is 29.9. The van der Waals surface area contributed by atoms with Crippen molar-refractivity contribution in [2.24, 2.45) is 11.8 Å². The van der Waals surface area contributed by atoms with Gasteiger partial charge >= 0.3 is 0 Å². The summed E-state index contributed by atoms with van der Waals surface area (Å²) in [6.07, 6.45) is 15.6. The minimum atomic E-state index is 0.639. The summed E-state index contributed by atoms with van der Waals surface area (Å²) >= 11 is 4.90. The molecule has 2 rings (SSSR count). The van der Waals surface area contributed by atoms with E-state index in [1.165, 1.54) is 95.3 Å². The second-order valence-corrected chi connectivity index (χ2v) is 12.3. The van der Waals surface area contributed by atoms with Gasteiger partial charge in [-0.15, -0.1) is 0 Å². The van der Waals surface area contributed by atoms with Crippen LogP contribution in [-0.2, 0) is 0 Å². The number of hydrogen-bond donors (Lipinski definition) is 0. The van der Waals surface area contributed by atoms with Crippen LogP contribution in [0.5, 0.6) is 0 Å². The van der Waals surface area contributed by atoms with Gasteiger partial charge in [-0.25, -0.2) is 0 Å². The molecule has 0 atom stereocenters. The van der Waals surface area contributed by atoms with E-state index < -0.39 is 0 Å². The average Bonchev–Trinajstić information content (AvgIpc) is 2.85. The van der Waals surface area contributed by atoms with E-state index in [1.54, 1.807) is 11.1 Å². The molecule has 2 aromatic carbocycles. The molecule has 0 saturated carbocycles. The third-order valence-electron chi connectivity index (χ3n) is 7.04. The molecule has 188 valence electrons. The maximum atomic E-state index is 2.45. The Morgan fingerprint density at radius 3 is 1.00 bits per heavy atom. The summed E-state index contributed by atoms with van der Waals surface area (Å²) < 4.78 is 2.65. The van der Waals surface area contributed by atoms with Gasteiger partial charge in [0, 0.05) is 7.14 Å². The zero-order valence-corrected chi connectivity index (χ0v) is 26.3. The summed E-state index contributed by atoms with van der Waals surface area (Å²) in [6, 6.07) is 18.9. The highest BCUT2D eigenvalue weighted by atomic mass is 127. The Hall–Kier alpha value is -0.360. The molecular formula is C32H46I2. The molecule has 0 aliphatic rings. The van der Waals surface area contributed by atoms with Gasteiger partial charge in [0.15, 0.2) is 0 Å². The van der Waals surface area contributed by atoms with Crippen molar-refractivity contribution in [3.8, 4) is 0 Å². The smallest absolute Gasteiger partial charge is 0.0130 e. The molecule has 0 N–H and O–H groups in total. The number of allylic oxidation sites excluding steroid dienone is 2. The van der Waals surface area contributed by atoms with Crippen LogP contribution in [0.15, 0.2) is 48.5 Å². The number of halogens is 2. The fraction of sp³-hybridized carbons (Fsp3) is 0.562. The molecule has 0 saturated heterocycles. The van der Waals surface area contributed by atoms with Gasteiger partial charge in [0.05, 0.1) is 0 Å². The minimum Gasteiger partial charge on any atom is -0.0654 e. The molecule has 0 bridgehead atoms. The van der Waals surface area contributed by atoms with Crippen LogP contribution >= 0.6 is 45.2 Å². The number of hydrogen-bond acceptors (Lipinski definition) is 0. The highest BCUT2D eigenvalue weighted by Gasteiger charge is 2.26. The number of benzene rings is 2. The van der Waals surface area contributed by atoms with Crippen LogP contribution in [-0.4, -0.2) is 0 Å². The highest BCUT2D eigenvalue weighted by Crippen LogP contribution is 2.44. The molecule has 0 fully saturated rings. The van der Waals surface area contributed by atoms with Gasteiger partial charge in [0.2, 0.25) is 0 Å². The summed E-state index contributed by atoms with van der Waals surface area (Å²) in [5, 5.41) is 0. The quantitative estimate of drug-likeness (QED) is 0.122. The Bertz CT molecular complexity index is 745. The fourth-order valence-corrected chi connectivity index (χ4v) is 5.87. The molecule has 0 nitrogen and oxygen atoms in total. The second-order valence-electron chi connectivity index (χ2n) is 9.80.